The van der Waals surface area contributed by atoms with Crippen LogP contribution in [0, 0.1) is 0 Å². The topological polar surface area (TPSA) is 94.6 Å². The van der Waals surface area contributed by atoms with Gasteiger partial charge in [-0.1, -0.05) is 6.07 Å². The number of pyridine rings is 1. The average molecular weight is 416 g/mol. The van der Waals surface area contributed by atoms with Crippen molar-refractivity contribution in [3.8, 4) is 10.4 Å². The Morgan fingerprint density at radius 3 is 2.54 bits per heavy atom. The fourth-order valence-corrected chi connectivity index (χ4v) is 4.12. The monoisotopic (exact) mass is 416 g/mol. The third-order valence-corrected chi connectivity index (χ3v) is 5.36. The van der Waals surface area contributed by atoms with E-state index < -0.39 is 24.5 Å². The van der Waals surface area contributed by atoms with Crippen LogP contribution in [0.15, 0.2) is 47.4 Å². The predicted octanol–water partition coefficient (Wildman–Crippen LogP) is 3.84. The lowest BCUT2D eigenvalue weighted by Crippen LogP contribution is -2.21. The van der Waals surface area contributed by atoms with Crippen molar-refractivity contribution in [2.45, 2.75) is 6.92 Å². The number of carbonyl (C=O) groups is 3. The van der Waals surface area contributed by atoms with Crippen molar-refractivity contribution in [3.05, 3.63) is 58.5 Å². The van der Waals surface area contributed by atoms with E-state index >= 15 is 0 Å². The van der Waals surface area contributed by atoms with Crippen molar-refractivity contribution in [2.24, 2.45) is 0 Å². The highest BCUT2D eigenvalue weighted by Crippen LogP contribution is 2.38. The van der Waals surface area contributed by atoms with E-state index in [2.05, 4.69) is 10.3 Å². The second kappa shape index (κ2) is 9.25. The second-order valence-corrected chi connectivity index (χ2v) is 7.24. The summed E-state index contributed by atoms with van der Waals surface area (Å²) >= 11 is 2.69. The van der Waals surface area contributed by atoms with Gasteiger partial charge in [0.25, 0.3) is 5.91 Å². The van der Waals surface area contributed by atoms with Gasteiger partial charge in [0.1, 0.15) is 10.6 Å². The van der Waals surface area contributed by atoms with Crippen LogP contribution in [-0.4, -0.2) is 36.0 Å². The maximum Gasteiger partial charge on any atom is 0.341 e. The number of hydrogen-bond donors (Lipinski definition) is 1. The first kappa shape index (κ1) is 19.7. The number of carbonyl (C=O) groups excluding carboxylic acids is 3. The first-order valence-electron chi connectivity index (χ1n) is 8.29. The number of rotatable bonds is 7. The maximum absolute atomic E-state index is 12.4. The Morgan fingerprint density at radius 2 is 1.86 bits per heavy atom. The number of aromatic nitrogens is 1. The van der Waals surface area contributed by atoms with E-state index in [-0.39, 0.29) is 6.61 Å². The average Bonchev–Trinajstić information content (AvgIpc) is 3.36. The molecule has 0 spiro atoms. The summed E-state index contributed by atoms with van der Waals surface area (Å²) in [6.45, 7) is 1.46. The molecule has 3 aromatic heterocycles. The highest BCUT2D eigenvalue weighted by atomic mass is 32.1. The Labute approximate surface area is 168 Å². The van der Waals surface area contributed by atoms with Crippen molar-refractivity contribution in [3.63, 3.8) is 0 Å². The van der Waals surface area contributed by atoms with Gasteiger partial charge in [0.15, 0.2) is 6.61 Å². The van der Waals surface area contributed by atoms with Crippen molar-refractivity contribution in [2.75, 3.05) is 18.5 Å². The fourth-order valence-electron chi connectivity index (χ4n) is 2.33. The molecule has 0 saturated carbocycles. The highest BCUT2D eigenvalue weighted by molar-refractivity contribution is 7.17. The van der Waals surface area contributed by atoms with E-state index in [9.17, 15) is 14.4 Å². The standard InChI is InChI=1S/C19H16N2O5S2/c1-2-25-19(24)16-13(14-4-3-9-27-14)11-28-17(16)21-15(22)10-26-18(23)12-5-7-20-8-6-12/h3-9,11H,2,10H2,1H3,(H,21,22). The van der Waals surface area contributed by atoms with Gasteiger partial charge in [0.05, 0.1) is 12.2 Å². The Hall–Kier alpha value is -3.04. The molecule has 0 aromatic carbocycles. The first-order chi connectivity index (χ1) is 13.6. The minimum absolute atomic E-state index is 0.218. The van der Waals surface area contributed by atoms with Gasteiger partial charge < -0.3 is 14.8 Å². The molecule has 3 aromatic rings. The van der Waals surface area contributed by atoms with Crippen LogP contribution in [0.4, 0.5) is 5.00 Å². The summed E-state index contributed by atoms with van der Waals surface area (Å²) in [5.74, 6) is -1.70. The van der Waals surface area contributed by atoms with Crippen molar-refractivity contribution in [1.82, 2.24) is 4.98 Å². The highest BCUT2D eigenvalue weighted by Gasteiger charge is 2.23. The van der Waals surface area contributed by atoms with Crippen molar-refractivity contribution in [1.29, 1.82) is 0 Å². The van der Waals surface area contributed by atoms with E-state index in [1.165, 1.54) is 47.2 Å². The number of amides is 1. The fraction of sp³-hybridized carbons (Fsp3) is 0.158. The van der Waals surface area contributed by atoms with Gasteiger partial charge in [-0.25, -0.2) is 9.59 Å². The number of anilines is 1. The van der Waals surface area contributed by atoms with E-state index in [0.29, 0.717) is 21.7 Å². The second-order valence-electron chi connectivity index (χ2n) is 5.41. The Bertz CT molecular complexity index is 968. The molecular weight excluding hydrogens is 400 g/mol. The molecule has 0 aliphatic heterocycles. The molecule has 9 heteroatoms. The molecule has 144 valence electrons. The van der Waals surface area contributed by atoms with E-state index in [1.54, 1.807) is 12.3 Å². The molecule has 7 nitrogen and oxygen atoms in total. The normalized spacial score (nSPS) is 10.3. The molecule has 1 N–H and O–H groups in total. The molecule has 28 heavy (non-hydrogen) atoms. The Balaban J connectivity index is 1.72. The minimum Gasteiger partial charge on any atom is -0.462 e. The number of thiophene rings is 2. The Morgan fingerprint density at radius 1 is 1.07 bits per heavy atom. The third kappa shape index (κ3) is 4.62. The maximum atomic E-state index is 12.4. The third-order valence-electron chi connectivity index (χ3n) is 3.56. The largest absolute Gasteiger partial charge is 0.462 e. The van der Waals surface area contributed by atoms with E-state index in [1.807, 2.05) is 17.5 Å². The lowest BCUT2D eigenvalue weighted by atomic mass is 10.1. The molecule has 0 fully saturated rings. The smallest absolute Gasteiger partial charge is 0.341 e. The zero-order valence-corrected chi connectivity index (χ0v) is 16.5. The van der Waals surface area contributed by atoms with E-state index in [0.717, 1.165) is 4.88 Å². The number of nitrogens with one attached hydrogen (secondary N) is 1. The van der Waals surface area contributed by atoms with Gasteiger partial charge in [-0.15, -0.1) is 22.7 Å². The zero-order chi connectivity index (χ0) is 19.9. The van der Waals surface area contributed by atoms with Gasteiger partial charge in [-0.3, -0.25) is 9.78 Å². The molecule has 0 saturated heterocycles. The van der Waals surface area contributed by atoms with Gasteiger partial charge in [0.2, 0.25) is 0 Å². The molecule has 0 aliphatic rings. The SMILES string of the molecule is CCOC(=O)c1c(-c2cccs2)csc1NC(=O)COC(=O)c1ccncc1. The van der Waals surface area contributed by atoms with Crippen LogP contribution >= 0.6 is 22.7 Å². The van der Waals surface area contributed by atoms with Gasteiger partial charge in [-0.2, -0.15) is 0 Å². The van der Waals surface area contributed by atoms with Crippen LogP contribution in [-0.2, 0) is 14.3 Å². The van der Waals surface area contributed by atoms with Crippen molar-refractivity contribution >= 4 is 45.5 Å². The molecule has 0 atom stereocenters. The molecular formula is C19H16N2O5S2. The molecule has 3 rings (SSSR count). The lowest BCUT2D eigenvalue weighted by Gasteiger charge is -2.08. The van der Waals surface area contributed by atoms with Crippen molar-refractivity contribution < 1.29 is 23.9 Å². The van der Waals surface area contributed by atoms with Crippen LogP contribution in [0.3, 0.4) is 0 Å². The number of esters is 2. The molecule has 1 amide bonds. The number of nitrogens with zero attached hydrogens (tertiary/aromatic N) is 1. The van der Waals surface area contributed by atoms with Crippen LogP contribution < -0.4 is 5.32 Å². The van der Waals surface area contributed by atoms with Gasteiger partial charge in [-0.05, 0) is 30.5 Å². The van der Waals surface area contributed by atoms with E-state index in [4.69, 9.17) is 9.47 Å². The van der Waals surface area contributed by atoms with Crippen LogP contribution in [0.25, 0.3) is 10.4 Å². The molecule has 3 heterocycles. The van der Waals surface area contributed by atoms with Crippen LogP contribution in [0.1, 0.15) is 27.6 Å². The quantitative estimate of drug-likeness (QED) is 0.588. The minimum atomic E-state index is -0.631. The molecule has 0 aliphatic carbocycles. The summed E-state index contributed by atoms with van der Waals surface area (Å²) in [5, 5.41) is 6.68. The van der Waals surface area contributed by atoms with Crippen LogP contribution in [0.5, 0.6) is 0 Å². The summed E-state index contributed by atoms with van der Waals surface area (Å²) in [5.41, 5.74) is 1.29. The number of ether oxygens (including phenoxy) is 2. The summed E-state index contributed by atoms with van der Waals surface area (Å²) in [7, 11) is 0. The lowest BCUT2D eigenvalue weighted by molar-refractivity contribution is -0.119. The first-order valence-corrected chi connectivity index (χ1v) is 10.1. The molecule has 0 radical (unpaired) electrons. The summed E-state index contributed by atoms with van der Waals surface area (Å²) < 4.78 is 10.1. The number of hydrogen-bond acceptors (Lipinski definition) is 8. The zero-order valence-electron chi connectivity index (χ0n) is 14.8. The molecule has 0 bridgehead atoms. The molecule has 0 unspecified atom stereocenters. The Kier molecular flexibility index (Phi) is 6.51. The van der Waals surface area contributed by atoms with Gasteiger partial charge >= 0.3 is 11.9 Å². The van der Waals surface area contributed by atoms with Gasteiger partial charge in [0, 0.05) is 28.2 Å². The summed E-state index contributed by atoms with van der Waals surface area (Å²) in [6, 6.07) is 6.75. The predicted molar refractivity (Wildman–Crippen MR) is 107 cm³/mol. The van der Waals surface area contributed by atoms with Crippen LogP contribution in [0.2, 0.25) is 0 Å². The summed E-state index contributed by atoms with van der Waals surface area (Å²) in [4.78, 5) is 41.3. The summed E-state index contributed by atoms with van der Waals surface area (Å²) in [6.07, 6.45) is 2.92.